The van der Waals surface area contributed by atoms with Crippen molar-refractivity contribution in [2.45, 2.75) is 171 Å². The zero-order valence-corrected chi connectivity index (χ0v) is 29.1. The minimum absolute atomic E-state index is 0.0176. The molecule has 244 valence electrons. The van der Waals surface area contributed by atoms with Crippen molar-refractivity contribution in [3.8, 4) is 0 Å². The van der Waals surface area contributed by atoms with Crippen LogP contribution in [-0.4, -0.2) is 60.8 Å². The minimum atomic E-state index is -0.0586. The van der Waals surface area contributed by atoms with Gasteiger partial charge in [0.15, 0.2) is 11.6 Å². The van der Waals surface area contributed by atoms with E-state index in [9.17, 15) is 14.4 Å². The average Bonchev–Trinajstić information content (AvgIpc) is 2.86. The number of ketones is 2. The number of rotatable bonds is 23. The standard InChI is InChI=1S/C20H40N2O2.C14H30N2O/c1-15(2)11-7-8-13-19(23)21-14-10-9-12-18(22-17(5)6)20(24)16(3)4;1-10(2)14(17)13(16-12(5)6)8-7-9-15-11(3)4/h15-18,22H,7-14H2,1-6H3,(H,21,23);10-13,15-16H,7-9H2,1-6H3/t;13-/m.0/s1. The molecule has 1 unspecified atom stereocenters. The molecule has 0 radical (unpaired) electrons. The van der Waals surface area contributed by atoms with Crippen molar-refractivity contribution in [3.05, 3.63) is 0 Å². The summed E-state index contributed by atoms with van der Waals surface area (Å²) in [6.07, 6.45) is 8.64. The van der Waals surface area contributed by atoms with E-state index in [1.54, 1.807) is 0 Å². The van der Waals surface area contributed by atoms with Gasteiger partial charge in [-0.1, -0.05) is 95.9 Å². The molecule has 0 bridgehead atoms. The Morgan fingerprint density at radius 1 is 0.512 bits per heavy atom. The van der Waals surface area contributed by atoms with Gasteiger partial charge in [0, 0.05) is 42.9 Å². The van der Waals surface area contributed by atoms with Gasteiger partial charge in [-0.2, -0.15) is 0 Å². The van der Waals surface area contributed by atoms with Gasteiger partial charge in [0.1, 0.15) is 0 Å². The molecule has 0 aliphatic rings. The van der Waals surface area contributed by atoms with Crippen LogP contribution in [0.25, 0.3) is 0 Å². The molecule has 2 atom stereocenters. The first-order valence-corrected chi connectivity index (χ1v) is 16.7. The van der Waals surface area contributed by atoms with Crippen LogP contribution in [-0.2, 0) is 14.4 Å². The van der Waals surface area contributed by atoms with Gasteiger partial charge >= 0.3 is 0 Å². The first kappa shape index (κ1) is 41.8. The number of Topliss-reactive ketones (excluding diaryl/α,β-unsaturated/α-hetero) is 2. The molecule has 7 nitrogen and oxygen atoms in total. The third kappa shape index (κ3) is 26.1. The highest BCUT2D eigenvalue weighted by Crippen LogP contribution is 2.10. The normalized spacial score (nSPS) is 13.2. The molecule has 0 saturated heterocycles. The summed E-state index contributed by atoms with van der Waals surface area (Å²) in [5, 5.41) is 13.1. The van der Waals surface area contributed by atoms with Gasteiger partial charge in [-0.25, -0.2) is 0 Å². The van der Waals surface area contributed by atoms with Gasteiger partial charge in [-0.3, -0.25) is 14.4 Å². The lowest BCUT2D eigenvalue weighted by Crippen LogP contribution is -2.43. The van der Waals surface area contributed by atoms with Crippen molar-refractivity contribution in [2.24, 2.45) is 17.8 Å². The molecule has 4 N–H and O–H groups in total. The number of hydrogen-bond donors (Lipinski definition) is 4. The van der Waals surface area contributed by atoms with E-state index < -0.39 is 0 Å². The number of nitrogens with one attached hydrogen (secondary N) is 4. The topological polar surface area (TPSA) is 99.3 Å². The zero-order chi connectivity index (χ0) is 32.0. The lowest BCUT2D eigenvalue weighted by Gasteiger charge is -2.22. The van der Waals surface area contributed by atoms with Crippen molar-refractivity contribution in [3.63, 3.8) is 0 Å². The summed E-state index contributed by atoms with van der Waals surface area (Å²) in [5.74, 6) is 1.68. The van der Waals surface area contributed by atoms with Crippen molar-refractivity contribution >= 4 is 17.5 Å². The molecule has 0 aromatic heterocycles. The van der Waals surface area contributed by atoms with Gasteiger partial charge in [-0.05, 0) is 51.0 Å². The summed E-state index contributed by atoms with van der Waals surface area (Å²) in [6.45, 7) is 26.6. The second-order valence-corrected chi connectivity index (χ2v) is 13.6. The molecule has 41 heavy (non-hydrogen) atoms. The summed E-state index contributed by atoms with van der Waals surface area (Å²) in [7, 11) is 0. The number of hydrogen-bond acceptors (Lipinski definition) is 6. The summed E-state index contributed by atoms with van der Waals surface area (Å²) < 4.78 is 0. The Hall–Kier alpha value is -1.31. The third-order valence-electron chi connectivity index (χ3n) is 6.79. The van der Waals surface area contributed by atoms with Crippen molar-refractivity contribution in [2.75, 3.05) is 13.1 Å². The highest BCUT2D eigenvalue weighted by Gasteiger charge is 2.22. The molecule has 0 heterocycles. The Morgan fingerprint density at radius 3 is 1.39 bits per heavy atom. The Kier molecular flexibility index (Phi) is 25.7. The van der Waals surface area contributed by atoms with E-state index in [1.807, 2.05) is 27.7 Å². The van der Waals surface area contributed by atoms with Crippen LogP contribution in [0.15, 0.2) is 0 Å². The van der Waals surface area contributed by atoms with Gasteiger partial charge in [0.2, 0.25) is 5.91 Å². The number of carbonyl (C=O) groups is 3. The third-order valence-corrected chi connectivity index (χ3v) is 6.79. The molecule has 7 heteroatoms. The number of carbonyl (C=O) groups excluding carboxylic acids is 3. The second kappa shape index (κ2) is 25.2. The maximum Gasteiger partial charge on any atom is 0.219 e. The van der Waals surface area contributed by atoms with Gasteiger partial charge in [0.05, 0.1) is 12.1 Å². The Labute approximate surface area is 254 Å². The molecule has 0 aliphatic heterocycles. The van der Waals surface area contributed by atoms with Crippen molar-refractivity contribution < 1.29 is 14.4 Å². The largest absolute Gasteiger partial charge is 0.356 e. The lowest BCUT2D eigenvalue weighted by molar-refractivity contribution is -0.125. The van der Waals surface area contributed by atoms with Crippen LogP contribution < -0.4 is 21.3 Å². The van der Waals surface area contributed by atoms with E-state index >= 15 is 0 Å². The van der Waals surface area contributed by atoms with E-state index in [1.165, 1.54) is 6.42 Å². The van der Waals surface area contributed by atoms with E-state index in [4.69, 9.17) is 0 Å². The molecule has 0 aliphatic carbocycles. The van der Waals surface area contributed by atoms with Crippen LogP contribution in [0.2, 0.25) is 0 Å². The molecule has 0 saturated carbocycles. The van der Waals surface area contributed by atoms with Crippen LogP contribution in [0.1, 0.15) is 141 Å². The Bertz CT molecular complexity index is 675. The lowest BCUT2D eigenvalue weighted by atomic mass is 9.96. The van der Waals surface area contributed by atoms with Crippen LogP contribution in [0, 0.1) is 17.8 Å². The number of amides is 1. The van der Waals surface area contributed by atoms with Crippen LogP contribution >= 0.6 is 0 Å². The van der Waals surface area contributed by atoms with Crippen molar-refractivity contribution in [1.82, 2.24) is 21.3 Å². The summed E-state index contributed by atoms with van der Waals surface area (Å²) in [4.78, 5) is 36.0. The summed E-state index contributed by atoms with van der Waals surface area (Å²) >= 11 is 0. The van der Waals surface area contributed by atoms with Gasteiger partial charge < -0.3 is 21.3 Å². The molecule has 0 aromatic rings. The Morgan fingerprint density at radius 2 is 0.976 bits per heavy atom. The van der Waals surface area contributed by atoms with Crippen molar-refractivity contribution in [1.29, 1.82) is 0 Å². The van der Waals surface area contributed by atoms with Crippen LogP contribution in [0.3, 0.4) is 0 Å². The monoisotopic (exact) mass is 583 g/mol. The van der Waals surface area contributed by atoms with Gasteiger partial charge in [0.25, 0.3) is 0 Å². The van der Waals surface area contributed by atoms with Gasteiger partial charge in [-0.15, -0.1) is 0 Å². The van der Waals surface area contributed by atoms with E-state index in [0.29, 0.717) is 42.8 Å². The highest BCUT2D eigenvalue weighted by atomic mass is 16.1. The predicted molar refractivity (Wildman–Crippen MR) is 176 cm³/mol. The molecule has 0 fully saturated rings. The Balaban J connectivity index is 0. The fourth-order valence-corrected chi connectivity index (χ4v) is 4.55. The first-order chi connectivity index (χ1) is 19.1. The fraction of sp³-hybridized carbons (Fsp3) is 0.912. The molecule has 1 amide bonds. The van der Waals surface area contributed by atoms with E-state index in [2.05, 4.69) is 76.7 Å². The average molecular weight is 583 g/mol. The fourth-order valence-electron chi connectivity index (χ4n) is 4.55. The van der Waals surface area contributed by atoms with Crippen LogP contribution in [0.4, 0.5) is 0 Å². The smallest absolute Gasteiger partial charge is 0.219 e. The predicted octanol–water partition coefficient (Wildman–Crippen LogP) is 6.44. The number of unbranched alkanes of at least 4 members (excludes halogenated alkanes) is 2. The first-order valence-electron chi connectivity index (χ1n) is 16.7. The zero-order valence-electron chi connectivity index (χ0n) is 29.1. The maximum absolute atomic E-state index is 12.2. The summed E-state index contributed by atoms with van der Waals surface area (Å²) in [5.41, 5.74) is 0. The van der Waals surface area contributed by atoms with E-state index in [0.717, 1.165) is 51.5 Å². The minimum Gasteiger partial charge on any atom is -0.356 e. The van der Waals surface area contributed by atoms with E-state index in [-0.39, 0.29) is 35.6 Å². The van der Waals surface area contributed by atoms with Crippen LogP contribution in [0.5, 0.6) is 0 Å². The molecular weight excluding hydrogens is 512 g/mol. The quantitative estimate of drug-likeness (QED) is 0.104. The molecule has 0 rings (SSSR count). The summed E-state index contributed by atoms with van der Waals surface area (Å²) in [6, 6.07) is 1.15. The second-order valence-electron chi connectivity index (χ2n) is 13.6. The molecule has 0 spiro atoms. The highest BCUT2D eigenvalue weighted by molar-refractivity contribution is 5.86. The maximum atomic E-state index is 12.2. The molecule has 0 aromatic carbocycles. The molecular formula is C34H70N4O3. The SMILES string of the molecule is CC(C)CCCCC(=O)NCCCCC(NC(C)C)C(=O)C(C)C.CC(C)NCCC[C@H](NC(C)C)C(=O)C(C)C.